The van der Waals surface area contributed by atoms with Crippen LogP contribution in [0.3, 0.4) is 0 Å². The summed E-state index contributed by atoms with van der Waals surface area (Å²) in [7, 11) is -2.83. The maximum Gasteiger partial charge on any atom is 1.00 e. The van der Waals surface area contributed by atoms with E-state index in [-0.39, 0.29) is 40.7 Å². The van der Waals surface area contributed by atoms with Crippen LogP contribution in [-0.2, 0) is 29.0 Å². The molecule has 2 aliphatic rings. The number of aromatic nitrogens is 1. The van der Waals surface area contributed by atoms with E-state index < -0.39 is 44.5 Å². The van der Waals surface area contributed by atoms with E-state index in [1.54, 1.807) is 18.2 Å². The Morgan fingerprint density at radius 2 is 2.07 bits per heavy atom. The third-order valence-corrected chi connectivity index (χ3v) is 5.87. The van der Waals surface area contributed by atoms with Crippen molar-refractivity contribution in [3.05, 3.63) is 59.1 Å². The average molecular weight is 412 g/mol. The molecule has 28 heavy (non-hydrogen) atoms. The number of sulfone groups is 1. The number of carboxylic acids is 1. The standard InChI is InChI=1S/C17H14N2O7S.Na/c1-26-13(20)6-5-10-9-27(24,25)16-12(8-11-4-2-3-7-18-11)15(21)19(16)14(10)17(22)23;/h2-8,16H,9H2,1H3,(H,22,23);/q;+1/p-1/b6-5+,12-8-;. The van der Waals surface area contributed by atoms with E-state index in [1.807, 2.05) is 0 Å². The first-order valence-corrected chi connectivity index (χ1v) is 9.36. The summed E-state index contributed by atoms with van der Waals surface area (Å²) in [6.07, 6.45) is 4.66. The molecule has 1 amide bonds. The van der Waals surface area contributed by atoms with E-state index in [2.05, 4.69) is 9.72 Å². The summed E-state index contributed by atoms with van der Waals surface area (Å²) < 4.78 is 29.7. The predicted molar refractivity (Wildman–Crippen MR) is 89.8 cm³/mol. The summed E-state index contributed by atoms with van der Waals surface area (Å²) in [6.45, 7) is 0. The number of nitrogens with zero attached hydrogens (tertiary/aromatic N) is 2. The van der Waals surface area contributed by atoms with Crippen LogP contribution in [0.4, 0.5) is 0 Å². The van der Waals surface area contributed by atoms with Gasteiger partial charge in [-0.2, -0.15) is 0 Å². The molecule has 1 aromatic heterocycles. The molecule has 9 nitrogen and oxygen atoms in total. The van der Waals surface area contributed by atoms with Crippen LogP contribution in [-0.4, -0.2) is 54.4 Å². The number of ether oxygens (including phenoxy) is 1. The van der Waals surface area contributed by atoms with Crippen LogP contribution in [0.15, 0.2) is 53.4 Å². The van der Waals surface area contributed by atoms with E-state index in [9.17, 15) is 27.9 Å². The number of allylic oxidation sites excluding steroid dienone is 1. The molecule has 2 aliphatic heterocycles. The molecule has 1 saturated heterocycles. The van der Waals surface area contributed by atoms with Gasteiger partial charge >= 0.3 is 35.5 Å². The van der Waals surface area contributed by atoms with Crippen LogP contribution < -0.4 is 34.7 Å². The summed E-state index contributed by atoms with van der Waals surface area (Å²) in [5, 5.41) is 10.1. The Morgan fingerprint density at radius 3 is 2.64 bits per heavy atom. The van der Waals surface area contributed by atoms with Crippen molar-refractivity contribution in [3.8, 4) is 0 Å². The van der Waals surface area contributed by atoms with Gasteiger partial charge in [-0.05, 0) is 29.9 Å². The summed E-state index contributed by atoms with van der Waals surface area (Å²) in [4.78, 5) is 39.9. The quantitative estimate of drug-likeness (QED) is 0.210. The van der Waals surface area contributed by atoms with Crippen LogP contribution >= 0.6 is 0 Å². The Balaban J connectivity index is 0.00000280. The normalized spacial score (nSPS) is 21.8. The number of fused-ring (bicyclic) bond motifs is 1. The van der Waals surface area contributed by atoms with Crippen LogP contribution in [0.2, 0.25) is 0 Å². The van der Waals surface area contributed by atoms with Crippen LogP contribution in [0.25, 0.3) is 6.08 Å². The molecule has 0 radical (unpaired) electrons. The Hall–Kier alpha value is -2.27. The molecule has 0 aromatic carbocycles. The SMILES string of the molecule is COC(=O)/C=C/C1=C(C(=O)[O-])N2C(=O)/C(=C/c3ccccn3)C2S(=O)(=O)C1.[Na+]. The second-order valence-electron chi connectivity index (χ2n) is 5.71. The molecular weight excluding hydrogens is 399 g/mol. The fourth-order valence-corrected chi connectivity index (χ4v) is 4.77. The van der Waals surface area contributed by atoms with E-state index in [4.69, 9.17) is 0 Å². The summed E-state index contributed by atoms with van der Waals surface area (Å²) in [5.41, 5.74) is -0.533. The number of amides is 1. The Morgan fingerprint density at radius 1 is 1.36 bits per heavy atom. The number of carbonyl (C=O) groups is 3. The molecule has 0 spiro atoms. The van der Waals surface area contributed by atoms with Crippen molar-refractivity contribution in [2.45, 2.75) is 5.37 Å². The second-order valence-corrected chi connectivity index (χ2v) is 7.77. The van der Waals surface area contributed by atoms with Crippen LogP contribution in [0.1, 0.15) is 5.69 Å². The van der Waals surface area contributed by atoms with Crippen molar-refractivity contribution in [3.63, 3.8) is 0 Å². The van der Waals surface area contributed by atoms with Gasteiger partial charge in [-0.25, -0.2) is 13.2 Å². The van der Waals surface area contributed by atoms with Gasteiger partial charge in [-0.1, -0.05) is 6.07 Å². The Kier molecular flexibility index (Phi) is 6.60. The zero-order valence-corrected chi connectivity index (χ0v) is 17.8. The number of aliphatic carboxylic acids is 1. The molecule has 11 heteroatoms. The molecule has 1 fully saturated rings. The van der Waals surface area contributed by atoms with Gasteiger partial charge in [-0.3, -0.25) is 14.7 Å². The van der Waals surface area contributed by atoms with Crippen molar-refractivity contribution in [2.75, 3.05) is 12.9 Å². The minimum Gasteiger partial charge on any atom is -0.543 e. The Labute approximate surface area is 182 Å². The zero-order chi connectivity index (χ0) is 19.8. The molecule has 3 heterocycles. The van der Waals surface area contributed by atoms with E-state index in [1.165, 1.54) is 12.3 Å². The van der Waals surface area contributed by atoms with Gasteiger partial charge < -0.3 is 14.6 Å². The second kappa shape index (κ2) is 8.39. The molecule has 1 aromatic rings. The number of pyridine rings is 1. The average Bonchev–Trinajstić information content (AvgIpc) is 2.63. The minimum atomic E-state index is -3.94. The predicted octanol–water partition coefficient (Wildman–Crippen LogP) is -4.20. The van der Waals surface area contributed by atoms with Crippen molar-refractivity contribution in [2.24, 2.45) is 0 Å². The fourth-order valence-electron chi connectivity index (χ4n) is 2.86. The van der Waals surface area contributed by atoms with Crippen LogP contribution in [0, 0.1) is 0 Å². The monoisotopic (exact) mass is 412 g/mol. The third kappa shape index (κ3) is 3.95. The van der Waals surface area contributed by atoms with Crippen molar-refractivity contribution < 1.29 is 62.2 Å². The van der Waals surface area contributed by atoms with Crippen molar-refractivity contribution in [1.82, 2.24) is 9.88 Å². The minimum absolute atomic E-state index is 0. The van der Waals surface area contributed by atoms with E-state index in [0.29, 0.717) is 10.6 Å². The van der Waals surface area contributed by atoms with Crippen molar-refractivity contribution >= 4 is 33.8 Å². The first-order valence-electron chi connectivity index (χ1n) is 7.64. The first-order chi connectivity index (χ1) is 12.8. The number of hydrogen-bond donors (Lipinski definition) is 0. The number of carboxylic acid groups (broad SMARTS) is 1. The number of β-lactam (4-membered cyclic amide) rings is 1. The van der Waals surface area contributed by atoms with Gasteiger partial charge in [0.05, 0.1) is 35.8 Å². The summed E-state index contributed by atoms with van der Waals surface area (Å²) in [5.74, 6) is -3.97. The summed E-state index contributed by atoms with van der Waals surface area (Å²) >= 11 is 0. The largest absolute Gasteiger partial charge is 1.00 e. The zero-order valence-electron chi connectivity index (χ0n) is 15.0. The molecule has 1 unspecified atom stereocenters. The van der Waals surface area contributed by atoms with Gasteiger partial charge in [0.25, 0.3) is 5.91 Å². The number of esters is 1. The Bertz CT molecular complexity index is 1030. The van der Waals surface area contributed by atoms with Gasteiger partial charge in [0.2, 0.25) is 0 Å². The molecule has 140 valence electrons. The smallest absolute Gasteiger partial charge is 0.543 e. The molecule has 0 aliphatic carbocycles. The van der Waals surface area contributed by atoms with Gasteiger partial charge in [-0.15, -0.1) is 0 Å². The topological polar surface area (TPSA) is 134 Å². The van der Waals surface area contributed by atoms with Crippen molar-refractivity contribution in [1.29, 1.82) is 0 Å². The van der Waals surface area contributed by atoms with Gasteiger partial charge in [0, 0.05) is 12.3 Å². The molecule has 1 atom stereocenters. The van der Waals surface area contributed by atoms with Gasteiger partial charge in [0.15, 0.2) is 15.2 Å². The maximum absolute atomic E-state index is 12.6. The molecule has 0 N–H and O–H groups in total. The van der Waals surface area contributed by atoms with Crippen LogP contribution in [0.5, 0.6) is 0 Å². The summed E-state index contributed by atoms with van der Waals surface area (Å²) in [6, 6.07) is 4.90. The molecular formula is C17H13N2NaO7S. The number of rotatable bonds is 4. The third-order valence-electron chi connectivity index (χ3n) is 4.01. The maximum atomic E-state index is 12.6. The fraction of sp³-hybridized carbons (Fsp3) is 0.176. The number of carbonyl (C=O) groups excluding carboxylic acids is 3. The van der Waals surface area contributed by atoms with E-state index >= 15 is 0 Å². The number of methoxy groups -OCH3 is 1. The first kappa shape index (κ1) is 22.0. The molecule has 0 bridgehead atoms. The van der Waals surface area contributed by atoms with Gasteiger partial charge in [0.1, 0.15) is 0 Å². The molecule has 3 rings (SSSR count). The number of hydrogen-bond acceptors (Lipinski definition) is 8. The molecule has 0 saturated carbocycles. The van der Waals surface area contributed by atoms with E-state index in [0.717, 1.165) is 19.3 Å².